The highest BCUT2D eigenvalue weighted by atomic mass is 79.9. The Morgan fingerprint density at radius 1 is 1.09 bits per heavy atom. The Bertz CT molecular complexity index is 648. The van der Waals surface area contributed by atoms with Gasteiger partial charge in [0.25, 0.3) is 0 Å². The summed E-state index contributed by atoms with van der Waals surface area (Å²) in [5.74, 6) is 1.86. The van der Waals surface area contributed by atoms with E-state index in [1.165, 1.54) is 60.8 Å². The number of hydrogen-bond donors (Lipinski definition) is 2. The van der Waals surface area contributed by atoms with E-state index in [4.69, 9.17) is 0 Å². The maximum atomic E-state index is 3.85. The van der Waals surface area contributed by atoms with Crippen LogP contribution in [0.15, 0.2) is 24.3 Å². The van der Waals surface area contributed by atoms with Gasteiger partial charge in [-0.2, -0.15) is 0 Å². The Kier molecular flexibility index (Phi) is 4.27. The number of aryl methyl sites for hydroxylation is 1. The first kappa shape index (κ1) is 14.8. The summed E-state index contributed by atoms with van der Waals surface area (Å²) in [5, 5.41) is 6.28. The summed E-state index contributed by atoms with van der Waals surface area (Å²) in [4.78, 5) is 3.73. The number of fused-ring (bicyclic) bond motifs is 2. The van der Waals surface area contributed by atoms with Crippen molar-refractivity contribution in [2.45, 2.75) is 44.6 Å². The van der Waals surface area contributed by atoms with E-state index in [9.17, 15) is 0 Å². The fourth-order valence-corrected chi connectivity index (χ4v) is 5.04. The number of para-hydroxylation sites is 1. The molecule has 0 radical (unpaired) electrons. The summed E-state index contributed by atoms with van der Waals surface area (Å²) >= 11 is 3.64. The molecule has 2 heterocycles. The number of H-pyrrole nitrogens is 1. The number of hydrogen-bond acceptors (Lipinski definition) is 1. The Morgan fingerprint density at radius 2 is 1.91 bits per heavy atom. The molecule has 22 heavy (non-hydrogen) atoms. The summed E-state index contributed by atoms with van der Waals surface area (Å²) in [6.45, 7) is 1.21. The van der Waals surface area contributed by atoms with Crippen LogP contribution in [0.2, 0.25) is 0 Å². The molecule has 2 fully saturated rings. The number of alkyl halides is 1. The normalized spacial score (nSPS) is 28.7. The van der Waals surface area contributed by atoms with E-state index < -0.39 is 0 Å². The second-order valence-electron chi connectivity index (χ2n) is 7.00. The lowest BCUT2D eigenvalue weighted by molar-refractivity contribution is 0.153. The van der Waals surface area contributed by atoms with Crippen LogP contribution in [0.4, 0.5) is 0 Å². The van der Waals surface area contributed by atoms with E-state index in [1.807, 2.05) is 0 Å². The number of aromatic amines is 1. The van der Waals surface area contributed by atoms with Crippen molar-refractivity contribution in [1.82, 2.24) is 10.3 Å². The van der Waals surface area contributed by atoms with Crippen LogP contribution in [0.5, 0.6) is 0 Å². The standard InChI is InChI=1S/C19H25BrN2/c20-10-9-16-15-7-3-4-8-17(15)22-19(16)18-11-13-5-1-2-6-14(13)12-21-18/h3-4,7-8,13-14,18,21-22H,1-2,5-6,9-12H2. The highest BCUT2D eigenvalue weighted by Gasteiger charge is 2.34. The van der Waals surface area contributed by atoms with Gasteiger partial charge in [-0.3, -0.25) is 0 Å². The van der Waals surface area contributed by atoms with Crippen LogP contribution in [0.25, 0.3) is 10.9 Å². The summed E-state index contributed by atoms with van der Waals surface area (Å²) < 4.78 is 0. The zero-order valence-electron chi connectivity index (χ0n) is 13.1. The third-order valence-electron chi connectivity index (χ3n) is 5.77. The summed E-state index contributed by atoms with van der Waals surface area (Å²) in [7, 11) is 0. The van der Waals surface area contributed by atoms with Crippen LogP contribution in [0.1, 0.15) is 49.4 Å². The minimum Gasteiger partial charge on any atom is -0.357 e. The smallest absolute Gasteiger partial charge is 0.0478 e. The van der Waals surface area contributed by atoms with Crippen molar-refractivity contribution in [3.63, 3.8) is 0 Å². The molecule has 3 heteroatoms. The van der Waals surface area contributed by atoms with Crippen LogP contribution < -0.4 is 5.32 Å². The molecule has 1 saturated heterocycles. The summed E-state index contributed by atoms with van der Waals surface area (Å²) in [6.07, 6.45) is 8.17. The van der Waals surface area contributed by atoms with Crippen LogP contribution in [0, 0.1) is 11.8 Å². The van der Waals surface area contributed by atoms with Gasteiger partial charge in [0.05, 0.1) is 0 Å². The Hall–Kier alpha value is -0.800. The van der Waals surface area contributed by atoms with E-state index in [-0.39, 0.29) is 0 Å². The quantitative estimate of drug-likeness (QED) is 0.744. The Morgan fingerprint density at radius 3 is 2.77 bits per heavy atom. The van der Waals surface area contributed by atoms with E-state index in [1.54, 1.807) is 0 Å². The second kappa shape index (κ2) is 6.37. The molecule has 1 aliphatic heterocycles. The molecule has 4 rings (SSSR count). The number of piperidine rings is 1. The van der Waals surface area contributed by atoms with Crippen LogP contribution in [-0.4, -0.2) is 16.9 Å². The Balaban J connectivity index is 1.66. The first-order valence-electron chi connectivity index (χ1n) is 8.75. The maximum Gasteiger partial charge on any atom is 0.0478 e. The third-order valence-corrected chi connectivity index (χ3v) is 6.17. The first-order chi connectivity index (χ1) is 10.9. The molecule has 0 spiro atoms. The number of benzene rings is 1. The van der Waals surface area contributed by atoms with Crippen molar-refractivity contribution in [2.75, 3.05) is 11.9 Å². The van der Waals surface area contributed by atoms with Crippen LogP contribution >= 0.6 is 15.9 Å². The minimum atomic E-state index is 0.515. The first-order valence-corrected chi connectivity index (χ1v) is 9.88. The molecule has 0 bridgehead atoms. The molecule has 1 aliphatic carbocycles. The van der Waals surface area contributed by atoms with Crippen molar-refractivity contribution in [1.29, 1.82) is 0 Å². The average molecular weight is 361 g/mol. The maximum absolute atomic E-state index is 3.85. The van der Waals surface area contributed by atoms with E-state index >= 15 is 0 Å². The van der Waals surface area contributed by atoms with Gasteiger partial charge in [0.1, 0.15) is 0 Å². The van der Waals surface area contributed by atoms with Crippen LogP contribution in [-0.2, 0) is 6.42 Å². The molecule has 2 nitrogen and oxygen atoms in total. The lowest BCUT2D eigenvalue weighted by Crippen LogP contribution is -2.40. The van der Waals surface area contributed by atoms with Crippen molar-refractivity contribution in [3.05, 3.63) is 35.5 Å². The van der Waals surface area contributed by atoms with Crippen molar-refractivity contribution >= 4 is 26.8 Å². The van der Waals surface area contributed by atoms with Gasteiger partial charge in [-0.1, -0.05) is 53.4 Å². The fraction of sp³-hybridized carbons (Fsp3) is 0.579. The molecule has 1 saturated carbocycles. The van der Waals surface area contributed by atoms with Gasteiger partial charge in [0, 0.05) is 28.0 Å². The number of rotatable bonds is 3. The predicted octanol–water partition coefficient (Wildman–Crippen LogP) is 4.95. The molecule has 0 amide bonds. The lowest BCUT2D eigenvalue weighted by atomic mass is 9.73. The molecule has 1 aromatic carbocycles. The van der Waals surface area contributed by atoms with Gasteiger partial charge in [-0.25, -0.2) is 0 Å². The van der Waals surface area contributed by atoms with E-state index in [2.05, 4.69) is 50.5 Å². The van der Waals surface area contributed by atoms with Gasteiger partial charge in [0.2, 0.25) is 0 Å². The largest absolute Gasteiger partial charge is 0.357 e. The molecule has 2 aliphatic rings. The van der Waals surface area contributed by atoms with E-state index in [0.717, 1.165) is 23.6 Å². The topological polar surface area (TPSA) is 27.8 Å². The van der Waals surface area contributed by atoms with Crippen LogP contribution in [0.3, 0.4) is 0 Å². The van der Waals surface area contributed by atoms with Crippen molar-refractivity contribution < 1.29 is 0 Å². The van der Waals surface area contributed by atoms with Crippen molar-refractivity contribution in [3.8, 4) is 0 Å². The molecule has 1 aromatic heterocycles. The van der Waals surface area contributed by atoms with Gasteiger partial charge < -0.3 is 10.3 Å². The molecule has 3 unspecified atom stereocenters. The SMILES string of the molecule is BrCCc1c(C2CC3CCCCC3CN2)[nH]c2ccccc12. The molecular weight excluding hydrogens is 336 g/mol. The zero-order chi connectivity index (χ0) is 14.9. The third kappa shape index (κ3) is 2.63. The predicted molar refractivity (Wildman–Crippen MR) is 96.6 cm³/mol. The van der Waals surface area contributed by atoms with E-state index in [0.29, 0.717) is 6.04 Å². The molecule has 2 aromatic rings. The number of halogens is 1. The van der Waals surface area contributed by atoms with Crippen molar-refractivity contribution in [2.24, 2.45) is 11.8 Å². The molecule has 2 N–H and O–H groups in total. The number of nitrogens with one attached hydrogen (secondary N) is 2. The fourth-order valence-electron chi connectivity index (χ4n) is 4.65. The van der Waals surface area contributed by atoms with Gasteiger partial charge in [-0.15, -0.1) is 0 Å². The average Bonchev–Trinajstić information content (AvgIpc) is 2.94. The summed E-state index contributed by atoms with van der Waals surface area (Å²) in [5.41, 5.74) is 4.25. The highest BCUT2D eigenvalue weighted by Crippen LogP contribution is 2.41. The Labute approximate surface area is 141 Å². The highest BCUT2D eigenvalue weighted by molar-refractivity contribution is 9.09. The molecule has 118 valence electrons. The molecule has 3 atom stereocenters. The molecular formula is C19H25BrN2. The van der Waals surface area contributed by atoms with Gasteiger partial charge in [-0.05, 0) is 49.3 Å². The lowest BCUT2D eigenvalue weighted by Gasteiger charge is -2.40. The minimum absolute atomic E-state index is 0.515. The zero-order valence-corrected chi connectivity index (χ0v) is 14.7. The number of aromatic nitrogens is 1. The second-order valence-corrected chi connectivity index (χ2v) is 7.80. The summed E-state index contributed by atoms with van der Waals surface area (Å²) in [6, 6.07) is 9.28. The van der Waals surface area contributed by atoms with Gasteiger partial charge in [0.15, 0.2) is 0 Å². The van der Waals surface area contributed by atoms with Gasteiger partial charge >= 0.3 is 0 Å². The monoisotopic (exact) mass is 360 g/mol.